The largest absolute Gasteiger partial charge is 0.375 e. The van der Waals surface area contributed by atoms with Gasteiger partial charge in [-0.3, -0.25) is 9.88 Å². The van der Waals surface area contributed by atoms with Crippen molar-refractivity contribution >= 4 is 16.5 Å². The van der Waals surface area contributed by atoms with Crippen molar-refractivity contribution in [1.82, 2.24) is 25.0 Å². The Morgan fingerprint density at radius 2 is 2.12 bits per heavy atom. The van der Waals surface area contributed by atoms with Crippen molar-refractivity contribution in [3.8, 4) is 11.5 Å². The van der Waals surface area contributed by atoms with Crippen LogP contribution >= 0.6 is 11.3 Å². The van der Waals surface area contributed by atoms with Gasteiger partial charge in [-0.15, -0.1) is 11.3 Å². The topological polar surface area (TPSA) is 94.0 Å². The average molecular weight is 342 g/mol. The van der Waals surface area contributed by atoms with E-state index < -0.39 is 0 Å². The number of nitrogens with two attached hydrogens (primary N) is 1. The van der Waals surface area contributed by atoms with Gasteiger partial charge in [0, 0.05) is 29.7 Å². The van der Waals surface area contributed by atoms with Crippen LogP contribution in [-0.4, -0.2) is 38.1 Å². The van der Waals surface area contributed by atoms with E-state index in [1.807, 2.05) is 24.4 Å². The first-order valence-corrected chi connectivity index (χ1v) is 8.77. The van der Waals surface area contributed by atoms with E-state index in [1.165, 1.54) is 4.88 Å². The van der Waals surface area contributed by atoms with E-state index in [1.54, 1.807) is 17.5 Å². The number of aromatic nitrogens is 4. The standard InChI is InChI=1S/C16H18N6OS/c17-16-19-9-12(24-16)10-22-7-4-11(5-8-22)15-20-14(21-23-15)13-3-1-2-6-18-13/h1-3,6,9,11H,4-5,7-8,10H2,(H2,17,19). The van der Waals surface area contributed by atoms with Crippen LogP contribution in [0.1, 0.15) is 29.5 Å². The van der Waals surface area contributed by atoms with Crippen LogP contribution in [0.25, 0.3) is 11.5 Å². The molecule has 0 aromatic carbocycles. The highest BCUT2D eigenvalue weighted by Crippen LogP contribution is 2.29. The van der Waals surface area contributed by atoms with Crippen molar-refractivity contribution < 1.29 is 4.52 Å². The second-order valence-electron chi connectivity index (χ2n) is 5.89. The maximum Gasteiger partial charge on any atom is 0.230 e. The van der Waals surface area contributed by atoms with Crippen LogP contribution in [0.4, 0.5) is 5.13 Å². The fraction of sp³-hybridized carbons (Fsp3) is 0.375. The van der Waals surface area contributed by atoms with E-state index in [2.05, 4.69) is 25.0 Å². The minimum absolute atomic E-state index is 0.317. The number of likely N-dealkylation sites (tertiary alicyclic amines) is 1. The Bertz CT molecular complexity index is 794. The lowest BCUT2D eigenvalue weighted by Crippen LogP contribution is -2.32. The van der Waals surface area contributed by atoms with Crippen LogP contribution in [0, 0.1) is 0 Å². The normalized spacial score (nSPS) is 16.5. The lowest BCUT2D eigenvalue weighted by molar-refractivity contribution is 0.189. The van der Waals surface area contributed by atoms with Gasteiger partial charge in [0.05, 0.1) is 0 Å². The molecule has 0 amide bonds. The quantitative estimate of drug-likeness (QED) is 0.778. The number of pyridine rings is 1. The van der Waals surface area contributed by atoms with Crippen LogP contribution in [0.2, 0.25) is 0 Å². The minimum Gasteiger partial charge on any atom is -0.375 e. The zero-order valence-corrected chi connectivity index (χ0v) is 13.9. The third-order valence-corrected chi connectivity index (χ3v) is 5.03. The first kappa shape index (κ1) is 15.2. The molecule has 0 atom stereocenters. The molecule has 8 heteroatoms. The molecule has 4 rings (SSSR count). The minimum atomic E-state index is 0.317. The van der Waals surface area contributed by atoms with Crippen LogP contribution in [0.15, 0.2) is 35.1 Å². The van der Waals surface area contributed by atoms with Crippen molar-refractivity contribution in [3.63, 3.8) is 0 Å². The third kappa shape index (κ3) is 3.29. The molecule has 124 valence electrons. The van der Waals surface area contributed by atoms with Gasteiger partial charge >= 0.3 is 0 Å². The zero-order valence-electron chi connectivity index (χ0n) is 13.1. The van der Waals surface area contributed by atoms with Gasteiger partial charge in [0.1, 0.15) is 5.69 Å². The number of anilines is 1. The van der Waals surface area contributed by atoms with Gasteiger partial charge in [0.15, 0.2) is 5.13 Å². The highest BCUT2D eigenvalue weighted by Gasteiger charge is 2.25. The number of hydrogen-bond acceptors (Lipinski definition) is 8. The average Bonchev–Trinajstić information content (AvgIpc) is 3.26. The molecule has 0 saturated carbocycles. The van der Waals surface area contributed by atoms with Gasteiger partial charge < -0.3 is 10.3 Å². The molecule has 0 bridgehead atoms. The Morgan fingerprint density at radius 3 is 2.83 bits per heavy atom. The monoisotopic (exact) mass is 342 g/mol. The number of rotatable bonds is 4. The molecule has 24 heavy (non-hydrogen) atoms. The molecule has 0 spiro atoms. The summed E-state index contributed by atoms with van der Waals surface area (Å²) in [7, 11) is 0. The van der Waals surface area contributed by atoms with Gasteiger partial charge in [-0.1, -0.05) is 11.2 Å². The lowest BCUT2D eigenvalue weighted by atomic mass is 9.97. The van der Waals surface area contributed by atoms with Crippen molar-refractivity contribution in [2.45, 2.75) is 25.3 Å². The summed E-state index contributed by atoms with van der Waals surface area (Å²) in [6.45, 7) is 2.91. The SMILES string of the molecule is Nc1ncc(CN2CCC(c3nc(-c4ccccn4)no3)CC2)s1. The smallest absolute Gasteiger partial charge is 0.230 e. The molecule has 3 aromatic heterocycles. The fourth-order valence-corrected chi connectivity index (χ4v) is 3.68. The molecule has 2 N–H and O–H groups in total. The first-order valence-electron chi connectivity index (χ1n) is 7.95. The van der Waals surface area contributed by atoms with Gasteiger partial charge in [-0.05, 0) is 38.1 Å². The first-order chi connectivity index (χ1) is 11.8. The molecule has 1 aliphatic heterocycles. The van der Waals surface area contributed by atoms with E-state index in [9.17, 15) is 0 Å². The van der Waals surface area contributed by atoms with Crippen LogP contribution in [0.5, 0.6) is 0 Å². The fourth-order valence-electron chi connectivity index (χ4n) is 2.95. The summed E-state index contributed by atoms with van der Waals surface area (Å²) < 4.78 is 5.47. The molecule has 0 unspecified atom stereocenters. The Balaban J connectivity index is 1.37. The predicted molar refractivity (Wildman–Crippen MR) is 91.3 cm³/mol. The highest BCUT2D eigenvalue weighted by molar-refractivity contribution is 7.15. The maximum atomic E-state index is 5.69. The summed E-state index contributed by atoms with van der Waals surface area (Å²) in [6.07, 6.45) is 5.62. The van der Waals surface area contributed by atoms with Crippen molar-refractivity contribution in [1.29, 1.82) is 0 Å². The second kappa shape index (κ2) is 6.66. The number of nitrogen functional groups attached to an aromatic ring is 1. The second-order valence-corrected chi connectivity index (χ2v) is 7.03. The Kier molecular flexibility index (Phi) is 4.22. The van der Waals surface area contributed by atoms with E-state index in [0.29, 0.717) is 16.9 Å². The lowest BCUT2D eigenvalue weighted by Gasteiger charge is -2.29. The molecular formula is C16H18N6OS. The molecule has 0 aliphatic carbocycles. The molecular weight excluding hydrogens is 324 g/mol. The predicted octanol–water partition coefficient (Wildman–Crippen LogP) is 2.55. The Labute approximate surface area is 143 Å². The van der Waals surface area contributed by atoms with Crippen LogP contribution in [-0.2, 0) is 6.54 Å². The van der Waals surface area contributed by atoms with Crippen LogP contribution in [0.3, 0.4) is 0 Å². The van der Waals surface area contributed by atoms with Crippen LogP contribution < -0.4 is 5.73 Å². The summed E-state index contributed by atoms with van der Waals surface area (Å²) in [5.41, 5.74) is 6.43. The molecule has 1 saturated heterocycles. The number of hydrogen-bond donors (Lipinski definition) is 1. The van der Waals surface area contributed by atoms with Gasteiger partial charge in [0.25, 0.3) is 0 Å². The number of thiazole rings is 1. The van der Waals surface area contributed by atoms with Crippen molar-refractivity contribution in [3.05, 3.63) is 41.4 Å². The molecule has 3 aromatic rings. The van der Waals surface area contributed by atoms with Crippen molar-refractivity contribution in [2.24, 2.45) is 0 Å². The summed E-state index contributed by atoms with van der Waals surface area (Å²) in [4.78, 5) is 16.5. The van der Waals surface area contributed by atoms with E-state index in [4.69, 9.17) is 10.3 Å². The van der Waals surface area contributed by atoms with E-state index in [-0.39, 0.29) is 0 Å². The Hall–Kier alpha value is -2.32. The molecule has 1 aliphatic rings. The highest BCUT2D eigenvalue weighted by atomic mass is 32.1. The van der Waals surface area contributed by atoms with Gasteiger partial charge in [-0.25, -0.2) is 4.98 Å². The van der Waals surface area contributed by atoms with Gasteiger partial charge in [-0.2, -0.15) is 4.98 Å². The van der Waals surface area contributed by atoms with E-state index in [0.717, 1.165) is 44.1 Å². The molecule has 7 nitrogen and oxygen atoms in total. The summed E-state index contributed by atoms with van der Waals surface area (Å²) in [5, 5.41) is 4.70. The summed E-state index contributed by atoms with van der Waals surface area (Å²) in [6, 6.07) is 5.68. The zero-order chi connectivity index (χ0) is 16.4. The molecule has 4 heterocycles. The van der Waals surface area contributed by atoms with E-state index >= 15 is 0 Å². The van der Waals surface area contributed by atoms with Gasteiger partial charge in [0.2, 0.25) is 11.7 Å². The number of piperidine rings is 1. The molecule has 0 radical (unpaired) electrons. The number of nitrogens with zero attached hydrogens (tertiary/aromatic N) is 5. The van der Waals surface area contributed by atoms with Crippen molar-refractivity contribution in [2.75, 3.05) is 18.8 Å². The summed E-state index contributed by atoms with van der Waals surface area (Å²) >= 11 is 1.56. The summed E-state index contributed by atoms with van der Waals surface area (Å²) in [5.74, 6) is 1.60. The molecule has 1 fully saturated rings. The Morgan fingerprint density at radius 1 is 1.25 bits per heavy atom. The maximum absolute atomic E-state index is 5.69. The third-order valence-electron chi connectivity index (χ3n) is 4.22.